The Bertz CT molecular complexity index is 2800. The highest BCUT2D eigenvalue weighted by Gasteiger charge is 2.19. The molecule has 0 N–H and O–H groups in total. The van der Waals surface area contributed by atoms with E-state index in [1.807, 2.05) is 59.1 Å². The molecule has 7 aromatic carbocycles. The van der Waals surface area contributed by atoms with Gasteiger partial charge in [0.2, 0.25) is 0 Å². The van der Waals surface area contributed by atoms with Crippen molar-refractivity contribution in [3.05, 3.63) is 164 Å². The number of nitrogens with zero attached hydrogens (tertiary/aromatic N) is 3. The van der Waals surface area contributed by atoms with Gasteiger partial charge in [0.05, 0.1) is 0 Å². The first kappa shape index (κ1) is 29.0. The summed E-state index contributed by atoms with van der Waals surface area (Å²) in [5.41, 5.74) is 7.89. The second-order valence-electron chi connectivity index (χ2n) is 12.4. The van der Waals surface area contributed by atoms with Gasteiger partial charge in [-0.1, -0.05) is 140 Å². The molecule has 3 nitrogen and oxygen atoms in total. The molecule has 3 heterocycles. The van der Waals surface area contributed by atoms with E-state index in [2.05, 4.69) is 127 Å². The van der Waals surface area contributed by atoms with E-state index in [4.69, 9.17) is 15.0 Å². The molecule has 5 heteroatoms. The topological polar surface area (TPSA) is 38.7 Å². The lowest BCUT2D eigenvalue weighted by Gasteiger charge is -2.10. The molecule has 0 spiro atoms. The molecule has 0 amide bonds. The van der Waals surface area contributed by atoms with Gasteiger partial charge >= 0.3 is 0 Å². The standard InChI is InChI=1S/C45H27N3S2/c1-4-14-28(15-5-1)37-26-31(27-38-33-20-10-11-25-39(33)49-42(37)38)32-21-12-22-34-35-23-13-24-36(41(35)50-40(32)34)45-47-43(29-16-6-2-7-17-29)46-44(48-45)30-18-8-3-9-19-30/h1-27H. The van der Waals surface area contributed by atoms with Crippen molar-refractivity contribution in [1.82, 2.24) is 15.0 Å². The zero-order valence-electron chi connectivity index (χ0n) is 26.7. The Morgan fingerprint density at radius 2 is 0.800 bits per heavy atom. The zero-order chi connectivity index (χ0) is 33.0. The molecular formula is C45H27N3S2. The molecule has 0 bridgehead atoms. The minimum absolute atomic E-state index is 0.665. The van der Waals surface area contributed by atoms with Gasteiger partial charge in [-0.3, -0.25) is 0 Å². The van der Waals surface area contributed by atoms with Crippen LogP contribution in [0.3, 0.4) is 0 Å². The highest BCUT2D eigenvalue weighted by atomic mass is 32.1. The van der Waals surface area contributed by atoms with Gasteiger partial charge in [-0.15, -0.1) is 22.7 Å². The quantitative estimate of drug-likeness (QED) is 0.182. The van der Waals surface area contributed by atoms with E-state index < -0.39 is 0 Å². The number of rotatable bonds is 5. The minimum atomic E-state index is 0.665. The summed E-state index contributed by atoms with van der Waals surface area (Å²) < 4.78 is 5.06. The van der Waals surface area contributed by atoms with E-state index in [0.29, 0.717) is 17.5 Å². The summed E-state index contributed by atoms with van der Waals surface area (Å²) in [6, 6.07) is 57.9. The smallest absolute Gasteiger partial charge is 0.165 e. The third-order valence-electron chi connectivity index (χ3n) is 9.34. The molecule has 0 atom stereocenters. The fourth-order valence-corrected chi connectivity index (χ4v) is 9.53. The highest BCUT2D eigenvalue weighted by Crippen LogP contribution is 2.47. The molecule has 0 aliphatic heterocycles. The predicted octanol–water partition coefficient (Wildman–Crippen LogP) is 12.9. The third kappa shape index (κ3) is 4.82. The molecule has 0 saturated carbocycles. The van der Waals surface area contributed by atoms with E-state index in [0.717, 1.165) is 16.7 Å². The van der Waals surface area contributed by atoms with E-state index in [-0.39, 0.29) is 0 Å². The number of benzene rings is 7. The van der Waals surface area contributed by atoms with Gasteiger partial charge in [-0.05, 0) is 41.0 Å². The molecule has 0 fully saturated rings. The third-order valence-corrected chi connectivity index (χ3v) is 11.8. The molecule has 0 saturated heterocycles. The number of hydrogen-bond acceptors (Lipinski definition) is 5. The Hall–Kier alpha value is -6.01. The fraction of sp³-hybridized carbons (Fsp3) is 0. The van der Waals surface area contributed by atoms with E-state index in [1.165, 1.54) is 62.6 Å². The molecule has 0 aliphatic rings. The molecule has 50 heavy (non-hydrogen) atoms. The number of aromatic nitrogens is 3. The molecule has 0 radical (unpaired) electrons. The number of fused-ring (bicyclic) bond motifs is 6. The Balaban J connectivity index is 1.21. The van der Waals surface area contributed by atoms with Crippen LogP contribution in [0.2, 0.25) is 0 Å². The average Bonchev–Trinajstić information content (AvgIpc) is 3.77. The van der Waals surface area contributed by atoms with Crippen LogP contribution in [-0.2, 0) is 0 Å². The van der Waals surface area contributed by atoms with Crippen molar-refractivity contribution in [2.45, 2.75) is 0 Å². The first-order valence-electron chi connectivity index (χ1n) is 16.6. The van der Waals surface area contributed by atoms with Crippen molar-refractivity contribution in [2.24, 2.45) is 0 Å². The van der Waals surface area contributed by atoms with Crippen molar-refractivity contribution in [2.75, 3.05) is 0 Å². The summed E-state index contributed by atoms with van der Waals surface area (Å²) in [5.74, 6) is 2.00. The summed E-state index contributed by atoms with van der Waals surface area (Å²) in [7, 11) is 0. The van der Waals surface area contributed by atoms with Crippen LogP contribution in [0.15, 0.2) is 164 Å². The SMILES string of the molecule is c1ccc(-c2nc(-c3ccccc3)nc(-c3cccc4c3sc3c(-c5cc(-c6ccccc6)c6sc7ccccc7c6c5)cccc34)n2)cc1. The zero-order valence-corrected chi connectivity index (χ0v) is 28.4. The van der Waals surface area contributed by atoms with Gasteiger partial charge in [0, 0.05) is 62.6 Å². The second-order valence-corrected chi connectivity index (χ2v) is 14.4. The summed E-state index contributed by atoms with van der Waals surface area (Å²) in [4.78, 5) is 15.1. The first-order valence-corrected chi connectivity index (χ1v) is 18.2. The lowest BCUT2D eigenvalue weighted by Crippen LogP contribution is -2.00. The van der Waals surface area contributed by atoms with Crippen molar-refractivity contribution < 1.29 is 0 Å². The Morgan fingerprint density at radius 3 is 1.46 bits per heavy atom. The normalized spacial score (nSPS) is 11.6. The van der Waals surface area contributed by atoms with E-state index in [1.54, 1.807) is 0 Å². The van der Waals surface area contributed by atoms with Crippen LogP contribution < -0.4 is 0 Å². The molecule has 10 aromatic rings. The molecule has 234 valence electrons. The predicted molar refractivity (Wildman–Crippen MR) is 213 cm³/mol. The first-order chi connectivity index (χ1) is 24.8. The Kier molecular flexibility index (Phi) is 6.86. The van der Waals surface area contributed by atoms with Crippen molar-refractivity contribution in [3.63, 3.8) is 0 Å². The van der Waals surface area contributed by atoms with Crippen molar-refractivity contribution >= 4 is 63.0 Å². The minimum Gasteiger partial charge on any atom is -0.208 e. The Morgan fingerprint density at radius 1 is 0.300 bits per heavy atom. The van der Waals surface area contributed by atoms with E-state index >= 15 is 0 Å². The average molecular weight is 674 g/mol. The van der Waals surface area contributed by atoms with Gasteiger partial charge < -0.3 is 0 Å². The highest BCUT2D eigenvalue weighted by molar-refractivity contribution is 7.27. The van der Waals surface area contributed by atoms with Crippen LogP contribution in [-0.4, -0.2) is 15.0 Å². The van der Waals surface area contributed by atoms with Gasteiger partial charge in [0.15, 0.2) is 17.5 Å². The maximum absolute atomic E-state index is 5.09. The molecule has 0 unspecified atom stereocenters. The Labute approximate surface area is 296 Å². The van der Waals surface area contributed by atoms with Gasteiger partial charge in [-0.2, -0.15) is 0 Å². The maximum Gasteiger partial charge on any atom is 0.165 e. The van der Waals surface area contributed by atoms with E-state index in [9.17, 15) is 0 Å². The van der Waals surface area contributed by atoms with Crippen LogP contribution in [0.4, 0.5) is 0 Å². The largest absolute Gasteiger partial charge is 0.208 e. The number of hydrogen-bond donors (Lipinski definition) is 0. The van der Waals surface area contributed by atoms with Crippen LogP contribution in [0, 0.1) is 0 Å². The molecular weight excluding hydrogens is 647 g/mol. The second kappa shape index (κ2) is 11.8. The molecule has 10 rings (SSSR count). The van der Waals surface area contributed by atoms with Crippen molar-refractivity contribution in [3.8, 4) is 56.4 Å². The molecule has 0 aliphatic carbocycles. The van der Waals surface area contributed by atoms with Crippen LogP contribution in [0.5, 0.6) is 0 Å². The summed E-state index contributed by atoms with van der Waals surface area (Å²) in [5, 5.41) is 5.04. The van der Waals surface area contributed by atoms with Gasteiger partial charge in [-0.25, -0.2) is 15.0 Å². The lowest BCUT2D eigenvalue weighted by atomic mass is 9.95. The van der Waals surface area contributed by atoms with Crippen LogP contribution in [0.1, 0.15) is 0 Å². The maximum atomic E-state index is 5.09. The number of thiophene rings is 2. The fourth-order valence-electron chi connectivity index (χ4n) is 6.97. The van der Waals surface area contributed by atoms with Crippen LogP contribution in [0.25, 0.3) is 96.8 Å². The molecule has 3 aromatic heterocycles. The van der Waals surface area contributed by atoms with Crippen molar-refractivity contribution in [1.29, 1.82) is 0 Å². The summed E-state index contributed by atoms with van der Waals surface area (Å²) in [6.45, 7) is 0. The van der Waals surface area contributed by atoms with Gasteiger partial charge in [0.25, 0.3) is 0 Å². The lowest BCUT2D eigenvalue weighted by molar-refractivity contribution is 1.08. The summed E-state index contributed by atoms with van der Waals surface area (Å²) >= 11 is 3.70. The van der Waals surface area contributed by atoms with Crippen LogP contribution >= 0.6 is 22.7 Å². The van der Waals surface area contributed by atoms with Gasteiger partial charge in [0.1, 0.15) is 0 Å². The monoisotopic (exact) mass is 673 g/mol. The summed E-state index contributed by atoms with van der Waals surface area (Å²) in [6.07, 6.45) is 0.